The summed E-state index contributed by atoms with van der Waals surface area (Å²) in [5.41, 5.74) is 5.75. The number of hydrogen-bond acceptors (Lipinski definition) is 2. The lowest BCUT2D eigenvalue weighted by Crippen LogP contribution is -2.14. The Kier molecular flexibility index (Phi) is 4.30. The van der Waals surface area contributed by atoms with Crippen molar-refractivity contribution in [2.24, 2.45) is 0 Å². The molecule has 0 bridgehead atoms. The van der Waals surface area contributed by atoms with Crippen LogP contribution in [0.25, 0.3) is 0 Å². The third-order valence-corrected chi connectivity index (χ3v) is 2.34. The van der Waals surface area contributed by atoms with Crippen molar-refractivity contribution in [2.75, 3.05) is 6.61 Å². The van der Waals surface area contributed by atoms with Crippen molar-refractivity contribution in [3.63, 3.8) is 0 Å². The molecule has 1 aromatic rings. The Morgan fingerprint density at radius 3 is 2.20 bits per heavy atom. The SMILES string of the molecule is CCONCc1ccc(C(C)(C)C)cc1. The largest absolute Gasteiger partial charge is 0.302 e. The van der Waals surface area contributed by atoms with Gasteiger partial charge in [0.05, 0.1) is 6.61 Å². The van der Waals surface area contributed by atoms with E-state index in [9.17, 15) is 0 Å². The second-order valence-corrected chi connectivity index (χ2v) is 4.70. The highest BCUT2D eigenvalue weighted by molar-refractivity contribution is 5.27. The minimum atomic E-state index is 0.228. The third kappa shape index (κ3) is 4.02. The van der Waals surface area contributed by atoms with E-state index in [1.165, 1.54) is 11.1 Å². The van der Waals surface area contributed by atoms with E-state index in [1.807, 2.05) is 6.92 Å². The maximum absolute atomic E-state index is 5.08. The second kappa shape index (κ2) is 5.29. The number of hydrogen-bond donors (Lipinski definition) is 1. The minimum Gasteiger partial charge on any atom is -0.302 e. The van der Waals surface area contributed by atoms with Crippen molar-refractivity contribution in [3.05, 3.63) is 35.4 Å². The van der Waals surface area contributed by atoms with Gasteiger partial charge in [0.25, 0.3) is 0 Å². The van der Waals surface area contributed by atoms with Crippen molar-refractivity contribution in [3.8, 4) is 0 Å². The van der Waals surface area contributed by atoms with Crippen LogP contribution in [0.2, 0.25) is 0 Å². The van der Waals surface area contributed by atoms with Gasteiger partial charge in [-0.05, 0) is 23.5 Å². The lowest BCUT2D eigenvalue weighted by Gasteiger charge is -2.19. The fraction of sp³-hybridized carbons (Fsp3) is 0.538. The summed E-state index contributed by atoms with van der Waals surface area (Å²) >= 11 is 0. The van der Waals surface area contributed by atoms with Gasteiger partial charge in [0, 0.05) is 6.54 Å². The van der Waals surface area contributed by atoms with E-state index in [0.717, 1.165) is 6.54 Å². The molecule has 1 N–H and O–H groups in total. The highest BCUT2D eigenvalue weighted by Gasteiger charge is 2.12. The summed E-state index contributed by atoms with van der Waals surface area (Å²) in [7, 11) is 0. The summed E-state index contributed by atoms with van der Waals surface area (Å²) in [4.78, 5) is 5.08. The van der Waals surface area contributed by atoms with Crippen LogP contribution in [-0.4, -0.2) is 6.61 Å². The van der Waals surface area contributed by atoms with Gasteiger partial charge in [-0.25, -0.2) is 0 Å². The molecule has 1 aromatic carbocycles. The van der Waals surface area contributed by atoms with Crippen LogP contribution in [0.4, 0.5) is 0 Å². The van der Waals surface area contributed by atoms with E-state index in [-0.39, 0.29) is 5.41 Å². The molecule has 0 saturated heterocycles. The average molecular weight is 207 g/mol. The molecule has 0 fully saturated rings. The van der Waals surface area contributed by atoms with Crippen LogP contribution in [0.1, 0.15) is 38.8 Å². The number of hydroxylamine groups is 1. The fourth-order valence-electron chi connectivity index (χ4n) is 1.36. The lowest BCUT2D eigenvalue weighted by molar-refractivity contribution is 0.0463. The molecule has 0 aliphatic rings. The summed E-state index contributed by atoms with van der Waals surface area (Å²) < 4.78 is 0. The van der Waals surface area contributed by atoms with Gasteiger partial charge in [0.1, 0.15) is 0 Å². The van der Waals surface area contributed by atoms with E-state index in [1.54, 1.807) is 0 Å². The van der Waals surface area contributed by atoms with E-state index in [0.29, 0.717) is 6.61 Å². The highest BCUT2D eigenvalue weighted by Crippen LogP contribution is 2.21. The monoisotopic (exact) mass is 207 g/mol. The maximum Gasteiger partial charge on any atom is 0.0654 e. The van der Waals surface area contributed by atoms with Crippen molar-refractivity contribution in [2.45, 2.75) is 39.7 Å². The van der Waals surface area contributed by atoms with Gasteiger partial charge in [-0.3, -0.25) is 0 Å². The summed E-state index contributed by atoms with van der Waals surface area (Å²) in [6.45, 7) is 10.1. The first-order valence-electron chi connectivity index (χ1n) is 5.48. The molecule has 15 heavy (non-hydrogen) atoms. The Morgan fingerprint density at radius 2 is 1.73 bits per heavy atom. The molecule has 0 aliphatic heterocycles. The Hall–Kier alpha value is -0.860. The molecule has 0 aromatic heterocycles. The van der Waals surface area contributed by atoms with E-state index in [2.05, 4.69) is 50.5 Å². The van der Waals surface area contributed by atoms with Crippen LogP contribution in [0.3, 0.4) is 0 Å². The molecular weight excluding hydrogens is 186 g/mol. The highest BCUT2D eigenvalue weighted by atomic mass is 16.6. The van der Waals surface area contributed by atoms with E-state index < -0.39 is 0 Å². The summed E-state index contributed by atoms with van der Waals surface area (Å²) in [6, 6.07) is 8.66. The van der Waals surface area contributed by atoms with Gasteiger partial charge in [-0.15, -0.1) is 0 Å². The first-order valence-corrected chi connectivity index (χ1v) is 5.48. The molecule has 0 aliphatic carbocycles. The van der Waals surface area contributed by atoms with Gasteiger partial charge in [-0.1, -0.05) is 45.0 Å². The zero-order valence-corrected chi connectivity index (χ0v) is 10.1. The minimum absolute atomic E-state index is 0.228. The number of rotatable bonds is 4. The van der Waals surface area contributed by atoms with E-state index in [4.69, 9.17) is 4.84 Å². The Morgan fingerprint density at radius 1 is 1.13 bits per heavy atom. The lowest BCUT2D eigenvalue weighted by atomic mass is 9.87. The molecule has 0 radical (unpaired) electrons. The summed E-state index contributed by atoms with van der Waals surface area (Å²) in [6.07, 6.45) is 0. The smallest absolute Gasteiger partial charge is 0.0654 e. The fourth-order valence-corrected chi connectivity index (χ4v) is 1.36. The quantitative estimate of drug-likeness (QED) is 0.605. The molecule has 0 atom stereocenters. The van der Waals surface area contributed by atoms with Crippen LogP contribution >= 0.6 is 0 Å². The Labute approximate surface area is 92.6 Å². The summed E-state index contributed by atoms with van der Waals surface area (Å²) in [5, 5.41) is 0. The predicted octanol–water partition coefficient (Wildman–Crippen LogP) is 3.03. The van der Waals surface area contributed by atoms with Crippen LogP contribution in [0, 0.1) is 0 Å². The van der Waals surface area contributed by atoms with Crippen molar-refractivity contribution >= 4 is 0 Å². The van der Waals surface area contributed by atoms with Crippen molar-refractivity contribution in [1.29, 1.82) is 0 Å². The van der Waals surface area contributed by atoms with Crippen LogP contribution < -0.4 is 5.48 Å². The molecular formula is C13H21NO. The van der Waals surface area contributed by atoms with Gasteiger partial charge in [0.2, 0.25) is 0 Å². The number of benzene rings is 1. The third-order valence-electron chi connectivity index (χ3n) is 2.34. The van der Waals surface area contributed by atoms with Gasteiger partial charge in [0.15, 0.2) is 0 Å². The molecule has 0 heterocycles. The van der Waals surface area contributed by atoms with Gasteiger partial charge >= 0.3 is 0 Å². The first kappa shape index (κ1) is 12.2. The molecule has 2 nitrogen and oxygen atoms in total. The normalized spacial score (nSPS) is 11.7. The molecule has 1 rings (SSSR count). The average Bonchev–Trinajstić information content (AvgIpc) is 2.18. The predicted molar refractivity (Wildman–Crippen MR) is 63.6 cm³/mol. The summed E-state index contributed by atoms with van der Waals surface area (Å²) in [5.74, 6) is 0. The first-order chi connectivity index (χ1) is 7.04. The molecule has 0 unspecified atom stereocenters. The van der Waals surface area contributed by atoms with E-state index >= 15 is 0 Å². The molecule has 84 valence electrons. The Bertz CT molecular complexity index is 284. The Balaban J connectivity index is 2.57. The van der Waals surface area contributed by atoms with Crippen molar-refractivity contribution < 1.29 is 4.84 Å². The van der Waals surface area contributed by atoms with Crippen molar-refractivity contribution in [1.82, 2.24) is 5.48 Å². The maximum atomic E-state index is 5.08. The molecule has 0 spiro atoms. The zero-order valence-electron chi connectivity index (χ0n) is 10.1. The topological polar surface area (TPSA) is 21.3 Å². The standard InChI is InChI=1S/C13H21NO/c1-5-15-14-10-11-6-8-12(9-7-11)13(2,3)4/h6-9,14H,5,10H2,1-4H3. The van der Waals surface area contributed by atoms with Crippen LogP contribution in [0.5, 0.6) is 0 Å². The van der Waals surface area contributed by atoms with Gasteiger partial charge in [-0.2, -0.15) is 5.48 Å². The van der Waals surface area contributed by atoms with Crippen LogP contribution in [-0.2, 0) is 16.8 Å². The second-order valence-electron chi connectivity index (χ2n) is 4.70. The number of nitrogens with one attached hydrogen (secondary N) is 1. The van der Waals surface area contributed by atoms with Crippen LogP contribution in [0.15, 0.2) is 24.3 Å². The van der Waals surface area contributed by atoms with Gasteiger partial charge < -0.3 is 4.84 Å². The molecule has 0 amide bonds. The molecule has 0 saturated carbocycles. The molecule has 2 heteroatoms. The zero-order chi connectivity index (χ0) is 11.3.